The average Bonchev–Trinajstić information content (AvgIpc) is 2.66. The monoisotopic (exact) mass is 364 g/mol. The molecule has 0 heterocycles. The van der Waals surface area contributed by atoms with Gasteiger partial charge in [0.25, 0.3) is 0 Å². The molecule has 0 unspecified atom stereocenters. The van der Waals surface area contributed by atoms with E-state index in [4.69, 9.17) is 0 Å². The summed E-state index contributed by atoms with van der Waals surface area (Å²) in [6.07, 6.45) is 36.4. The Bertz CT molecular complexity index is 253. The van der Waals surface area contributed by atoms with E-state index in [-0.39, 0.29) is 0 Å². The fraction of sp³-hybridized carbons (Fsp3) is 0.923. The lowest BCUT2D eigenvalue weighted by molar-refractivity contribution is 0.533. The molecule has 0 aliphatic carbocycles. The summed E-state index contributed by atoms with van der Waals surface area (Å²) in [6.45, 7) is 4.59. The van der Waals surface area contributed by atoms with Crippen molar-refractivity contribution in [2.75, 3.05) is 0 Å². The van der Waals surface area contributed by atoms with Crippen molar-refractivity contribution in [2.45, 2.75) is 155 Å². The van der Waals surface area contributed by atoms with Gasteiger partial charge in [-0.15, -0.1) is 0 Å². The van der Waals surface area contributed by atoms with Crippen LogP contribution in [0.5, 0.6) is 0 Å². The van der Waals surface area contributed by atoms with E-state index in [2.05, 4.69) is 26.0 Å². The lowest BCUT2D eigenvalue weighted by Gasteiger charge is -2.03. The Labute approximate surface area is 167 Å². The normalized spacial score (nSPS) is 11.6. The summed E-state index contributed by atoms with van der Waals surface area (Å²) in [7, 11) is 0. The maximum Gasteiger partial charge on any atom is -0.0351 e. The zero-order chi connectivity index (χ0) is 19.0. The number of allylic oxidation sites excluding steroid dienone is 2. The van der Waals surface area contributed by atoms with Gasteiger partial charge in [0, 0.05) is 0 Å². The number of rotatable bonds is 22. The highest BCUT2D eigenvalue weighted by atomic mass is 14.0. The second kappa shape index (κ2) is 24.7. The van der Waals surface area contributed by atoms with E-state index in [1.807, 2.05) is 0 Å². The Morgan fingerprint density at radius 3 is 0.808 bits per heavy atom. The maximum atomic E-state index is 2.43. The average molecular weight is 365 g/mol. The zero-order valence-corrected chi connectivity index (χ0v) is 18.7. The molecule has 0 aliphatic rings. The fourth-order valence-electron chi connectivity index (χ4n) is 3.73. The van der Waals surface area contributed by atoms with Gasteiger partial charge in [-0.1, -0.05) is 142 Å². The van der Waals surface area contributed by atoms with Gasteiger partial charge in [-0.05, 0) is 25.7 Å². The van der Waals surface area contributed by atoms with Crippen LogP contribution in [0.1, 0.15) is 155 Å². The Hall–Kier alpha value is -0.260. The summed E-state index contributed by atoms with van der Waals surface area (Å²) in [5.41, 5.74) is 0. The molecule has 0 aromatic carbocycles. The highest BCUT2D eigenvalue weighted by Gasteiger charge is 1.94. The van der Waals surface area contributed by atoms with Crippen molar-refractivity contribution in [3.63, 3.8) is 0 Å². The number of unbranched alkanes of at least 4 members (excludes halogenated alkanes) is 20. The molecule has 156 valence electrons. The Kier molecular flexibility index (Phi) is 24.5. The van der Waals surface area contributed by atoms with Crippen molar-refractivity contribution in [1.29, 1.82) is 0 Å². The third-order valence-corrected chi connectivity index (χ3v) is 5.62. The predicted octanol–water partition coefficient (Wildman–Crippen LogP) is 10.2. The second-order valence-corrected chi connectivity index (χ2v) is 8.41. The summed E-state index contributed by atoms with van der Waals surface area (Å²) in [6, 6.07) is 0. The van der Waals surface area contributed by atoms with Gasteiger partial charge in [0.05, 0.1) is 0 Å². The number of hydrogen-bond donors (Lipinski definition) is 0. The van der Waals surface area contributed by atoms with Crippen LogP contribution in [0.2, 0.25) is 0 Å². The summed E-state index contributed by atoms with van der Waals surface area (Å²) < 4.78 is 0. The second-order valence-electron chi connectivity index (χ2n) is 8.41. The molecule has 0 spiro atoms. The Balaban J connectivity index is 3.02. The molecule has 0 heteroatoms. The molecular formula is C26H52. The quantitative estimate of drug-likeness (QED) is 0.132. The van der Waals surface area contributed by atoms with Gasteiger partial charge in [0.2, 0.25) is 0 Å². The first-order valence-corrected chi connectivity index (χ1v) is 12.6. The molecular weight excluding hydrogens is 312 g/mol. The van der Waals surface area contributed by atoms with Gasteiger partial charge in [0.1, 0.15) is 0 Å². The molecule has 0 rings (SSSR count). The van der Waals surface area contributed by atoms with Crippen molar-refractivity contribution >= 4 is 0 Å². The van der Waals surface area contributed by atoms with Crippen LogP contribution in [-0.4, -0.2) is 0 Å². The molecule has 0 bridgehead atoms. The molecule has 0 N–H and O–H groups in total. The van der Waals surface area contributed by atoms with E-state index in [0.29, 0.717) is 0 Å². The lowest BCUT2D eigenvalue weighted by atomic mass is 10.0. The van der Waals surface area contributed by atoms with E-state index >= 15 is 0 Å². The largest absolute Gasteiger partial charge is 0.0885 e. The Morgan fingerprint density at radius 1 is 0.308 bits per heavy atom. The smallest absolute Gasteiger partial charge is 0.0351 e. The van der Waals surface area contributed by atoms with E-state index in [1.54, 1.807) is 0 Å². The van der Waals surface area contributed by atoms with Crippen LogP contribution in [-0.2, 0) is 0 Å². The first-order chi connectivity index (χ1) is 12.9. The topological polar surface area (TPSA) is 0 Å². The van der Waals surface area contributed by atoms with Crippen molar-refractivity contribution in [2.24, 2.45) is 0 Å². The maximum absolute atomic E-state index is 2.43. The van der Waals surface area contributed by atoms with Crippen LogP contribution in [0, 0.1) is 0 Å². The van der Waals surface area contributed by atoms with Gasteiger partial charge in [-0.25, -0.2) is 0 Å². The minimum atomic E-state index is 1.31. The highest BCUT2D eigenvalue weighted by Crippen LogP contribution is 2.14. The van der Waals surface area contributed by atoms with Crippen LogP contribution >= 0.6 is 0 Å². The molecule has 26 heavy (non-hydrogen) atoms. The van der Waals surface area contributed by atoms with Gasteiger partial charge in [-0.2, -0.15) is 0 Å². The van der Waals surface area contributed by atoms with Crippen molar-refractivity contribution < 1.29 is 0 Å². The van der Waals surface area contributed by atoms with Gasteiger partial charge in [-0.3, -0.25) is 0 Å². The van der Waals surface area contributed by atoms with Gasteiger partial charge in [0.15, 0.2) is 0 Å². The lowest BCUT2D eigenvalue weighted by Crippen LogP contribution is -1.83. The van der Waals surface area contributed by atoms with E-state index < -0.39 is 0 Å². The molecule has 0 saturated carbocycles. The van der Waals surface area contributed by atoms with Crippen LogP contribution in [0.4, 0.5) is 0 Å². The predicted molar refractivity (Wildman–Crippen MR) is 122 cm³/mol. The SMILES string of the molecule is CCCCCCC/C=C\CCCCCCCCCCCCCCCCC. The molecule has 0 aliphatic heterocycles. The molecule has 0 aromatic rings. The summed E-state index contributed by atoms with van der Waals surface area (Å²) in [4.78, 5) is 0. The molecule has 0 atom stereocenters. The molecule has 0 saturated heterocycles. The van der Waals surface area contributed by atoms with E-state index in [1.165, 1.54) is 141 Å². The molecule has 0 amide bonds. The van der Waals surface area contributed by atoms with Crippen molar-refractivity contribution in [3.8, 4) is 0 Å². The van der Waals surface area contributed by atoms with Gasteiger partial charge >= 0.3 is 0 Å². The first-order valence-electron chi connectivity index (χ1n) is 12.6. The highest BCUT2D eigenvalue weighted by molar-refractivity contribution is 4.81. The minimum Gasteiger partial charge on any atom is -0.0885 e. The van der Waals surface area contributed by atoms with Crippen LogP contribution in [0.3, 0.4) is 0 Å². The first kappa shape index (κ1) is 25.7. The summed E-state index contributed by atoms with van der Waals surface area (Å²) in [5.74, 6) is 0. The summed E-state index contributed by atoms with van der Waals surface area (Å²) in [5, 5.41) is 0. The van der Waals surface area contributed by atoms with Gasteiger partial charge < -0.3 is 0 Å². The van der Waals surface area contributed by atoms with Crippen molar-refractivity contribution in [1.82, 2.24) is 0 Å². The Morgan fingerprint density at radius 2 is 0.538 bits per heavy atom. The molecule has 0 fully saturated rings. The third-order valence-electron chi connectivity index (χ3n) is 5.62. The molecule has 0 aromatic heterocycles. The fourth-order valence-corrected chi connectivity index (χ4v) is 3.73. The molecule has 0 nitrogen and oxygen atoms in total. The zero-order valence-electron chi connectivity index (χ0n) is 18.7. The number of hydrogen-bond acceptors (Lipinski definition) is 0. The standard InChI is InChI=1S/C26H52/c1-3-5-7-9-11-13-15-17-19-21-23-25-26-24-22-20-18-16-14-12-10-8-6-4-2/h15,17H,3-14,16,18-26H2,1-2H3/b17-15-. The minimum absolute atomic E-state index is 1.31. The van der Waals surface area contributed by atoms with Crippen molar-refractivity contribution in [3.05, 3.63) is 12.2 Å². The van der Waals surface area contributed by atoms with E-state index in [9.17, 15) is 0 Å². The van der Waals surface area contributed by atoms with E-state index in [0.717, 1.165) is 0 Å². The van der Waals surface area contributed by atoms with Crippen LogP contribution < -0.4 is 0 Å². The van der Waals surface area contributed by atoms with Crippen LogP contribution in [0.25, 0.3) is 0 Å². The van der Waals surface area contributed by atoms with Crippen LogP contribution in [0.15, 0.2) is 12.2 Å². The summed E-state index contributed by atoms with van der Waals surface area (Å²) >= 11 is 0. The molecule has 0 radical (unpaired) electrons. The third kappa shape index (κ3) is 23.7.